The van der Waals surface area contributed by atoms with Gasteiger partial charge in [-0.3, -0.25) is 14.9 Å². The fourth-order valence-corrected chi connectivity index (χ4v) is 4.98. The van der Waals surface area contributed by atoms with Gasteiger partial charge in [-0.2, -0.15) is 4.31 Å². The number of anilines is 1. The Morgan fingerprint density at radius 3 is 2.40 bits per heavy atom. The number of nitrogens with zero attached hydrogens (tertiary/aromatic N) is 3. The topological polar surface area (TPSA) is 113 Å². The minimum atomic E-state index is -3.82. The van der Waals surface area contributed by atoms with Crippen molar-refractivity contribution in [2.45, 2.75) is 18.2 Å². The Hall–Kier alpha value is -2.82. The first-order valence-corrected chi connectivity index (χ1v) is 11.0. The number of amides is 1. The zero-order valence-electron chi connectivity index (χ0n) is 16.7. The molecule has 1 amide bonds. The normalized spacial score (nSPS) is 15.6. The van der Waals surface area contributed by atoms with Gasteiger partial charge in [-0.1, -0.05) is 24.3 Å². The highest BCUT2D eigenvalue weighted by Crippen LogP contribution is 2.25. The molecule has 160 valence electrons. The van der Waals surface area contributed by atoms with E-state index < -0.39 is 14.9 Å². The summed E-state index contributed by atoms with van der Waals surface area (Å²) in [6.45, 7) is 3.67. The van der Waals surface area contributed by atoms with Crippen molar-refractivity contribution in [3.8, 4) is 0 Å². The number of rotatable bonds is 7. The summed E-state index contributed by atoms with van der Waals surface area (Å²) in [7, 11) is -3.82. The predicted octanol–water partition coefficient (Wildman–Crippen LogP) is 2.24. The summed E-state index contributed by atoms with van der Waals surface area (Å²) in [5.41, 5.74) is 0.966. The summed E-state index contributed by atoms with van der Waals surface area (Å²) < 4.78 is 27.3. The maximum absolute atomic E-state index is 13.0. The number of piperazine rings is 1. The Balaban J connectivity index is 1.55. The highest BCUT2D eigenvalue weighted by atomic mass is 32.2. The number of para-hydroxylation sites is 1. The van der Waals surface area contributed by atoms with Crippen LogP contribution in [0.25, 0.3) is 0 Å². The molecule has 2 aromatic rings. The molecule has 0 aromatic heterocycles. The standard InChI is InChI=1S/C20H24N4O5S/c1-16-7-8-18(24(26)27)15-19(16)30(28,29)23-13-11-22(12-14-23)10-9-20(25)21-17-5-3-2-4-6-17/h2-8,15H,9-14H2,1H3,(H,21,25). The van der Waals surface area contributed by atoms with Crippen molar-refractivity contribution in [1.82, 2.24) is 9.21 Å². The second kappa shape index (κ2) is 9.33. The van der Waals surface area contributed by atoms with E-state index in [0.29, 0.717) is 31.6 Å². The Labute approximate surface area is 175 Å². The quantitative estimate of drug-likeness (QED) is 0.530. The summed E-state index contributed by atoms with van der Waals surface area (Å²) in [5, 5.41) is 13.8. The number of carbonyl (C=O) groups excluding carboxylic acids is 1. The van der Waals surface area contributed by atoms with E-state index in [1.165, 1.54) is 16.4 Å². The van der Waals surface area contributed by atoms with E-state index in [0.717, 1.165) is 11.8 Å². The van der Waals surface area contributed by atoms with Crippen LogP contribution in [-0.4, -0.2) is 61.2 Å². The van der Waals surface area contributed by atoms with Gasteiger partial charge >= 0.3 is 0 Å². The van der Waals surface area contributed by atoms with E-state index >= 15 is 0 Å². The first kappa shape index (κ1) is 21.9. The van der Waals surface area contributed by atoms with Crippen molar-refractivity contribution < 1.29 is 18.1 Å². The summed E-state index contributed by atoms with van der Waals surface area (Å²) in [4.78, 5) is 24.5. The zero-order valence-corrected chi connectivity index (χ0v) is 17.5. The molecule has 1 fully saturated rings. The number of benzene rings is 2. The lowest BCUT2D eigenvalue weighted by Gasteiger charge is -2.34. The molecular weight excluding hydrogens is 408 g/mol. The van der Waals surface area contributed by atoms with Crippen molar-refractivity contribution in [3.05, 3.63) is 64.2 Å². The van der Waals surface area contributed by atoms with E-state index in [1.54, 1.807) is 6.92 Å². The summed E-state index contributed by atoms with van der Waals surface area (Å²) in [5.74, 6) is -0.0940. The van der Waals surface area contributed by atoms with Crippen LogP contribution in [0, 0.1) is 17.0 Å². The fourth-order valence-electron chi connectivity index (χ4n) is 3.32. The molecule has 3 rings (SSSR count). The number of sulfonamides is 1. The Morgan fingerprint density at radius 2 is 1.77 bits per heavy atom. The molecule has 1 aliphatic rings. The van der Waals surface area contributed by atoms with Crippen molar-refractivity contribution >= 4 is 27.3 Å². The number of nitro benzene ring substituents is 1. The van der Waals surface area contributed by atoms with Gasteiger partial charge in [0.15, 0.2) is 0 Å². The molecule has 0 radical (unpaired) electrons. The molecule has 0 unspecified atom stereocenters. The lowest BCUT2D eigenvalue weighted by Crippen LogP contribution is -2.49. The van der Waals surface area contributed by atoms with Crippen LogP contribution < -0.4 is 5.32 Å². The highest BCUT2D eigenvalue weighted by Gasteiger charge is 2.30. The predicted molar refractivity (Wildman–Crippen MR) is 113 cm³/mol. The zero-order chi connectivity index (χ0) is 21.7. The van der Waals surface area contributed by atoms with E-state index in [9.17, 15) is 23.3 Å². The molecule has 1 heterocycles. The molecule has 1 aliphatic heterocycles. The molecule has 0 aliphatic carbocycles. The molecule has 9 nitrogen and oxygen atoms in total. The van der Waals surface area contributed by atoms with Crippen LogP contribution in [0.1, 0.15) is 12.0 Å². The van der Waals surface area contributed by atoms with Crippen molar-refractivity contribution in [3.63, 3.8) is 0 Å². The van der Waals surface area contributed by atoms with Crippen LogP contribution in [0.4, 0.5) is 11.4 Å². The minimum Gasteiger partial charge on any atom is -0.326 e. The van der Waals surface area contributed by atoms with Crippen LogP contribution in [0.15, 0.2) is 53.4 Å². The molecule has 2 aromatic carbocycles. The molecule has 0 spiro atoms. The third-order valence-corrected chi connectivity index (χ3v) is 7.08. The van der Waals surface area contributed by atoms with Gasteiger partial charge in [0.2, 0.25) is 15.9 Å². The van der Waals surface area contributed by atoms with Crippen LogP contribution in [0.2, 0.25) is 0 Å². The second-order valence-corrected chi connectivity index (χ2v) is 9.02. The number of nitrogens with one attached hydrogen (secondary N) is 1. The highest BCUT2D eigenvalue weighted by molar-refractivity contribution is 7.89. The van der Waals surface area contributed by atoms with Crippen molar-refractivity contribution in [2.24, 2.45) is 0 Å². The second-order valence-electron chi connectivity index (χ2n) is 7.12. The SMILES string of the molecule is Cc1ccc([N+](=O)[O-])cc1S(=O)(=O)N1CCN(CCC(=O)Nc2ccccc2)CC1. The minimum absolute atomic E-state index is 0.0348. The van der Waals surface area contributed by atoms with Crippen LogP contribution in [0.5, 0.6) is 0 Å². The average molecular weight is 433 g/mol. The van der Waals surface area contributed by atoms with Crippen LogP contribution in [0.3, 0.4) is 0 Å². The number of hydrogen-bond acceptors (Lipinski definition) is 6. The number of carbonyl (C=O) groups is 1. The maximum atomic E-state index is 13.0. The Morgan fingerprint density at radius 1 is 1.10 bits per heavy atom. The van der Waals surface area contributed by atoms with E-state index in [4.69, 9.17) is 0 Å². The first-order chi connectivity index (χ1) is 14.3. The molecule has 0 saturated carbocycles. The summed E-state index contributed by atoms with van der Waals surface area (Å²) >= 11 is 0. The van der Waals surface area contributed by atoms with Gasteiger partial charge in [-0.05, 0) is 24.6 Å². The lowest BCUT2D eigenvalue weighted by atomic mass is 10.2. The van der Waals surface area contributed by atoms with E-state index in [2.05, 4.69) is 5.32 Å². The van der Waals surface area contributed by atoms with E-state index in [1.807, 2.05) is 35.2 Å². The van der Waals surface area contributed by atoms with Crippen molar-refractivity contribution in [1.29, 1.82) is 0 Å². The number of nitro groups is 1. The fraction of sp³-hybridized carbons (Fsp3) is 0.350. The monoisotopic (exact) mass is 432 g/mol. The van der Waals surface area contributed by atoms with Crippen molar-refractivity contribution in [2.75, 3.05) is 38.0 Å². The molecule has 30 heavy (non-hydrogen) atoms. The Bertz CT molecular complexity index is 1020. The average Bonchev–Trinajstić information content (AvgIpc) is 2.73. The molecule has 1 saturated heterocycles. The van der Waals surface area contributed by atoms with Gasteiger partial charge in [-0.25, -0.2) is 8.42 Å². The summed E-state index contributed by atoms with van der Waals surface area (Å²) in [6, 6.07) is 13.1. The molecule has 10 heteroatoms. The first-order valence-electron chi connectivity index (χ1n) is 9.60. The number of hydrogen-bond donors (Lipinski definition) is 1. The van der Waals surface area contributed by atoms with Gasteiger partial charge in [0.1, 0.15) is 0 Å². The van der Waals surface area contributed by atoms with Gasteiger partial charge in [0, 0.05) is 57.0 Å². The third kappa shape index (κ3) is 5.21. The summed E-state index contributed by atoms with van der Waals surface area (Å²) in [6.07, 6.45) is 0.311. The van der Waals surface area contributed by atoms with Gasteiger partial charge in [-0.15, -0.1) is 0 Å². The van der Waals surface area contributed by atoms with Gasteiger partial charge in [0.25, 0.3) is 5.69 Å². The van der Waals surface area contributed by atoms with Gasteiger partial charge in [0.05, 0.1) is 9.82 Å². The van der Waals surface area contributed by atoms with Crippen LogP contribution >= 0.6 is 0 Å². The van der Waals surface area contributed by atoms with E-state index in [-0.39, 0.29) is 29.6 Å². The van der Waals surface area contributed by atoms with Gasteiger partial charge < -0.3 is 10.2 Å². The molecule has 0 bridgehead atoms. The van der Waals surface area contributed by atoms with Crippen LogP contribution in [-0.2, 0) is 14.8 Å². The number of aryl methyl sites for hydroxylation is 1. The Kier molecular flexibility index (Phi) is 6.80. The largest absolute Gasteiger partial charge is 0.326 e. The molecule has 0 atom stereocenters. The third-order valence-electron chi connectivity index (χ3n) is 5.04. The maximum Gasteiger partial charge on any atom is 0.270 e. The number of non-ortho nitro benzene ring substituents is 1. The smallest absolute Gasteiger partial charge is 0.270 e. The lowest BCUT2D eigenvalue weighted by molar-refractivity contribution is -0.385. The molecular formula is C20H24N4O5S. The molecule has 1 N–H and O–H groups in total.